The SMILES string of the molecule is C=C(C(CC)NC)C(F)(F)F. The van der Waals surface area contributed by atoms with Crippen LogP contribution >= 0.6 is 0 Å². The number of alkyl halides is 3. The molecule has 0 aromatic heterocycles. The summed E-state index contributed by atoms with van der Waals surface area (Å²) in [5.41, 5.74) is -0.706. The highest BCUT2D eigenvalue weighted by Crippen LogP contribution is 2.27. The van der Waals surface area contributed by atoms with E-state index in [1.165, 1.54) is 7.05 Å². The molecule has 0 aliphatic carbocycles. The number of rotatable bonds is 3. The molecule has 0 fully saturated rings. The Morgan fingerprint density at radius 1 is 1.55 bits per heavy atom. The van der Waals surface area contributed by atoms with Gasteiger partial charge in [-0.25, -0.2) is 0 Å². The molecule has 0 rings (SSSR count). The summed E-state index contributed by atoms with van der Waals surface area (Å²) in [5, 5.41) is 2.54. The molecule has 0 bridgehead atoms. The Morgan fingerprint density at radius 3 is 2.09 bits per heavy atom. The zero-order valence-electron chi connectivity index (χ0n) is 6.63. The quantitative estimate of drug-likeness (QED) is 0.635. The van der Waals surface area contributed by atoms with Crippen molar-refractivity contribution >= 4 is 0 Å². The lowest BCUT2D eigenvalue weighted by Gasteiger charge is -2.18. The average Bonchev–Trinajstić information content (AvgIpc) is 1.88. The molecule has 0 aromatic carbocycles. The van der Waals surface area contributed by atoms with E-state index in [0.29, 0.717) is 6.42 Å². The molecule has 0 radical (unpaired) electrons. The van der Waals surface area contributed by atoms with E-state index >= 15 is 0 Å². The van der Waals surface area contributed by atoms with E-state index in [1.54, 1.807) is 6.92 Å². The minimum Gasteiger partial charge on any atom is -0.313 e. The number of halogens is 3. The third-order valence-electron chi connectivity index (χ3n) is 1.54. The summed E-state index contributed by atoms with van der Waals surface area (Å²) in [5.74, 6) is 0. The number of nitrogens with one attached hydrogen (secondary N) is 1. The fourth-order valence-electron chi connectivity index (χ4n) is 0.822. The van der Waals surface area contributed by atoms with Crippen molar-refractivity contribution < 1.29 is 13.2 Å². The van der Waals surface area contributed by atoms with Gasteiger partial charge in [-0.1, -0.05) is 13.5 Å². The first-order valence-electron chi connectivity index (χ1n) is 3.36. The largest absolute Gasteiger partial charge is 0.413 e. The molecule has 0 aliphatic heterocycles. The van der Waals surface area contributed by atoms with Crippen LogP contribution in [0.15, 0.2) is 12.2 Å². The highest BCUT2D eigenvalue weighted by atomic mass is 19.4. The monoisotopic (exact) mass is 167 g/mol. The van der Waals surface area contributed by atoms with Crippen LogP contribution in [-0.4, -0.2) is 19.3 Å². The normalized spacial score (nSPS) is 14.6. The summed E-state index contributed by atoms with van der Waals surface area (Å²) < 4.78 is 35.8. The van der Waals surface area contributed by atoms with Crippen LogP contribution in [-0.2, 0) is 0 Å². The summed E-state index contributed by atoms with van der Waals surface area (Å²) >= 11 is 0. The maximum absolute atomic E-state index is 11.9. The first kappa shape index (κ1) is 10.5. The van der Waals surface area contributed by atoms with Gasteiger partial charge in [-0.05, 0) is 13.5 Å². The maximum atomic E-state index is 11.9. The first-order chi connectivity index (χ1) is 4.93. The second-order valence-corrected chi connectivity index (χ2v) is 2.27. The van der Waals surface area contributed by atoms with Gasteiger partial charge < -0.3 is 5.32 Å². The zero-order chi connectivity index (χ0) is 9.07. The molecule has 4 heteroatoms. The summed E-state index contributed by atoms with van der Waals surface area (Å²) in [4.78, 5) is 0. The third kappa shape index (κ3) is 2.93. The topological polar surface area (TPSA) is 12.0 Å². The maximum Gasteiger partial charge on any atom is 0.413 e. The first-order valence-corrected chi connectivity index (χ1v) is 3.36. The molecule has 0 amide bonds. The van der Waals surface area contributed by atoms with Crippen LogP contribution in [0.4, 0.5) is 13.2 Å². The Kier molecular flexibility index (Phi) is 3.58. The lowest BCUT2D eigenvalue weighted by atomic mass is 10.1. The Morgan fingerprint density at radius 2 is 2.00 bits per heavy atom. The lowest BCUT2D eigenvalue weighted by molar-refractivity contribution is -0.0961. The molecular formula is C7H12F3N. The summed E-state index contributed by atoms with van der Waals surface area (Å²) in [6.07, 6.45) is -3.88. The second-order valence-electron chi connectivity index (χ2n) is 2.27. The highest BCUT2D eigenvalue weighted by Gasteiger charge is 2.35. The van der Waals surface area contributed by atoms with E-state index in [4.69, 9.17) is 0 Å². The van der Waals surface area contributed by atoms with Crippen LogP contribution in [0.3, 0.4) is 0 Å². The second kappa shape index (κ2) is 3.76. The van der Waals surface area contributed by atoms with Crippen molar-refractivity contribution in [1.29, 1.82) is 0 Å². The molecule has 66 valence electrons. The van der Waals surface area contributed by atoms with Gasteiger partial charge in [-0.2, -0.15) is 13.2 Å². The Labute approximate surface area is 64.3 Å². The number of hydrogen-bond acceptors (Lipinski definition) is 1. The smallest absolute Gasteiger partial charge is 0.313 e. The number of likely N-dealkylation sites (N-methyl/N-ethyl adjacent to an activating group) is 1. The average molecular weight is 167 g/mol. The van der Waals surface area contributed by atoms with Crippen LogP contribution in [0.5, 0.6) is 0 Å². The molecule has 1 nitrogen and oxygen atoms in total. The van der Waals surface area contributed by atoms with Gasteiger partial charge in [0.2, 0.25) is 0 Å². The molecule has 1 N–H and O–H groups in total. The van der Waals surface area contributed by atoms with E-state index in [2.05, 4.69) is 11.9 Å². The van der Waals surface area contributed by atoms with E-state index in [-0.39, 0.29) is 0 Å². The molecule has 0 spiro atoms. The van der Waals surface area contributed by atoms with Gasteiger partial charge in [0.1, 0.15) is 0 Å². The van der Waals surface area contributed by atoms with Crippen LogP contribution in [0.1, 0.15) is 13.3 Å². The van der Waals surface area contributed by atoms with E-state index in [0.717, 1.165) is 0 Å². The van der Waals surface area contributed by atoms with E-state index < -0.39 is 17.8 Å². The molecule has 0 heterocycles. The van der Waals surface area contributed by atoms with Gasteiger partial charge in [-0.3, -0.25) is 0 Å². The van der Waals surface area contributed by atoms with Gasteiger partial charge in [-0.15, -0.1) is 0 Å². The zero-order valence-corrected chi connectivity index (χ0v) is 6.63. The predicted molar refractivity (Wildman–Crippen MR) is 38.3 cm³/mol. The van der Waals surface area contributed by atoms with E-state index in [1.807, 2.05) is 0 Å². The van der Waals surface area contributed by atoms with Gasteiger partial charge in [0.25, 0.3) is 0 Å². The molecule has 0 aliphatic rings. The fraction of sp³-hybridized carbons (Fsp3) is 0.714. The van der Waals surface area contributed by atoms with Crippen LogP contribution < -0.4 is 5.32 Å². The standard InChI is InChI=1S/C7H12F3N/c1-4-6(11-3)5(2)7(8,9)10/h6,11H,2,4H2,1,3H3. The predicted octanol–water partition coefficient (Wildman–Crippen LogP) is 2.10. The van der Waals surface area contributed by atoms with Crippen molar-refractivity contribution in [3.05, 3.63) is 12.2 Å². The molecule has 11 heavy (non-hydrogen) atoms. The Hall–Kier alpha value is -0.510. The van der Waals surface area contributed by atoms with Gasteiger partial charge in [0.15, 0.2) is 0 Å². The lowest BCUT2D eigenvalue weighted by Crippen LogP contribution is -2.33. The third-order valence-corrected chi connectivity index (χ3v) is 1.54. The highest BCUT2D eigenvalue weighted by molar-refractivity contribution is 5.11. The van der Waals surface area contributed by atoms with Crippen LogP contribution in [0.2, 0.25) is 0 Å². The van der Waals surface area contributed by atoms with Crippen molar-refractivity contribution in [2.75, 3.05) is 7.05 Å². The van der Waals surface area contributed by atoms with Crippen molar-refractivity contribution in [2.24, 2.45) is 0 Å². The summed E-state index contributed by atoms with van der Waals surface area (Å²) in [6, 6.07) is -0.657. The van der Waals surface area contributed by atoms with Crippen LogP contribution in [0, 0.1) is 0 Å². The molecule has 0 saturated carbocycles. The van der Waals surface area contributed by atoms with Crippen molar-refractivity contribution in [2.45, 2.75) is 25.6 Å². The summed E-state index contributed by atoms with van der Waals surface area (Å²) in [6.45, 7) is 4.66. The minimum atomic E-state index is -4.27. The van der Waals surface area contributed by atoms with Gasteiger partial charge in [0, 0.05) is 11.6 Å². The van der Waals surface area contributed by atoms with Gasteiger partial charge in [0.05, 0.1) is 0 Å². The van der Waals surface area contributed by atoms with E-state index in [9.17, 15) is 13.2 Å². The van der Waals surface area contributed by atoms with Gasteiger partial charge >= 0.3 is 6.18 Å². The molecule has 0 aromatic rings. The minimum absolute atomic E-state index is 0.398. The van der Waals surface area contributed by atoms with Crippen molar-refractivity contribution in [1.82, 2.24) is 5.32 Å². The van der Waals surface area contributed by atoms with Crippen molar-refractivity contribution in [3.63, 3.8) is 0 Å². The molecule has 1 unspecified atom stereocenters. The fourth-order valence-corrected chi connectivity index (χ4v) is 0.822. The van der Waals surface area contributed by atoms with Crippen LogP contribution in [0.25, 0.3) is 0 Å². The Balaban J connectivity index is 4.22. The number of hydrogen-bond donors (Lipinski definition) is 1. The van der Waals surface area contributed by atoms with Crippen molar-refractivity contribution in [3.8, 4) is 0 Å². The molecule has 0 saturated heterocycles. The summed E-state index contributed by atoms with van der Waals surface area (Å²) in [7, 11) is 1.49. The molecule has 1 atom stereocenters. The molecular weight excluding hydrogens is 155 g/mol. The Bertz CT molecular complexity index is 135.